The topological polar surface area (TPSA) is 62.7 Å². The van der Waals surface area contributed by atoms with Crippen molar-refractivity contribution in [1.29, 1.82) is 0 Å². The van der Waals surface area contributed by atoms with Gasteiger partial charge in [0.25, 0.3) is 0 Å². The van der Waals surface area contributed by atoms with Gasteiger partial charge in [-0.25, -0.2) is 9.97 Å². The zero-order valence-electron chi connectivity index (χ0n) is 12.9. The molecule has 2 N–H and O–H groups in total. The molecule has 5 nitrogen and oxygen atoms in total. The van der Waals surface area contributed by atoms with Crippen LogP contribution in [0.1, 0.15) is 36.8 Å². The molecule has 0 amide bonds. The van der Waals surface area contributed by atoms with E-state index in [4.69, 9.17) is 0 Å². The van der Waals surface area contributed by atoms with Crippen LogP contribution in [0, 0.1) is 6.92 Å². The van der Waals surface area contributed by atoms with E-state index in [1.165, 1.54) is 0 Å². The summed E-state index contributed by atoms with van der Waals surface area (Å²) < 4.78 is 0. The average molecular weight is 285 g/mol. The molecule has 0 unspecified atom stereocenters. The monoisotopic (exact) mass is 285 g/mol. The summed E-state index contributed by atoms with van der Waals surface area (Å²) in [6.07, 6.45) is 5.50. The van der Waals surface area contributed by atoms with Crippen molar-refractivity contribution in [3.63, 3.8) is 0 Å². The van der Waals surface area contributed by atoms with Gasteiger partial charge in [-0.2, -0.15) is 0 Å². The number of nitrogens with zero attached hydrogens (tertiary/aromatic N) is 3. The number of aromatic nitrogens is 3. The van der Waals surface area contributed by atoms with Gasteiger partial charge in [0.1, 0.15) is 5.82 Å². The molecule has 0 aliphatic heterocycles. The molecule has 2 rings (SSSR count). The molecule has 21 heavy (non-hydrogen) atoms. The summed E-state index contributed by atoms with van der Waals surface area (Å²) in [4.78, 5) is 12.9. The largest absolute Gasteiger partial charge is 0.383 e. The molecule has 0 atom stereocenters. The zero-order valence-corrected chi connectivity index (χ0v) is 12.9. The van der Waals surface area contributed by atoms with E-state index in [-0.39, 0.29) is 0 Å². The lowest BCUT2D eigenvalue weighted by Gasteiger charge is -2.10. The van der Waals surface area contributed by atoms with Gasteiger partial charge in [0.15, 0.2) is 0 Å². The van der Waals surface area contributed by atoms with E-state index in [0.717, 1.165) is 42.4 Å². The van der Waals surface area contributed by atoms with Crippen molar-refractivity contribution in [2.24, 2.45) is 0 Å². The highest BCUT2D eigenvalue weighted by Gasteiger charge is 2.03. The second-order valence-corrected chi connectivity index (χ2v) is 5.36. The number of pyridine rings is 1. The van der Waals surface area contributed by atoms with E-state index in [2.05, 4.69) is 46.4 Å². The third-order valence-corrected chi connectivity index (χ3v) is 3.19. The second kappa shape index (κ2) is 7.69. The summed E-state index contributed by atoms with van der Waals surface area (Å²) in [6, 6.07) is 3.95. The van der Waals surface area contributed by atoms with Gasteiger partial charge in [-0.3, -0.25) is 4.98 Å². The molecule has 2 heterocycles. The Kier molecular flexibility index (Phi) is 5.63. The molecule has 2 aromatic rings. The molecule has 5 heteroatoms. The van der Waals surface area contributed by atoms with Crippen molar-refractivity contribution in [2.75, 3.05) is 18.4 Å². The summed E-state index contributed by atoms with van der Waals surface area (Å²) in [5.74, 6) is 1.26. The Morgan fingerprint density at radius 1 is 1.14 bits per heavy atom. The Labute approximate surface area is 126 Å². The highest BCUT2D eigenvalue weighted by Crippen LogP contribution is 2.10. The van der Waals surface area contributed by atoms with E-state index < -0.39 is 0 Å². The SMILES string of the molecule is Cc1cnccc1NCCNCc1ccnc(C(C)C)n1. The molecule has 0 spiro atoms. The minimum Gasteiger partial charge on any atom is -0.383 e. The zero-order chi connectivity index (χ0) is 15.1. The first-order valence-corrected chi connectivity index (χ1v) is 7.34. The van der Waals surface area contributed by atoms with E-state index in [1.807, 2.05) is 24.5 Å². The summed E-state index contributed by atoms with van der Waals surface area (Å²) in [7, 11) is 0. The van der Waals surface area contributed by atoms with Crippen LogP contribution in [0.3, 0.4) is 0 Å². The maximum Gasteiger partial charge on any atom is 0.131 e. The van der Waals surface area contributed by atoms with Crippen LogP contribution in [-0.4, -0.2) is 28.0 Å². The van der Waals surface area contributed by atoms with Crippen molar-refractivity contribution < 1.29 is 0 Å². The number of hydrogen-bond donors (Lipinski definition) is 2. The Morgan fingerprint density at radius 2 is 2.00 bits per heavy atom. The van der Waals surface area contributed by atoms with Crippen LogP contribution in [0.15, 0.2) is 30.7 Å². The van der Waals surface area contributed by atoms with E-state index >= 15 is 0 Å². The summed E-state index contributed by atoms with van der Waals surface area (Å²) in [6.45, 7) is 8.77. The first-order chi connectivity index (χ1) is 10.2. The van der Waals surface area contributed by atoms with Crippen molar-refractivity contribution in [1.82, 2.24) is 20.3 Å². The lowest BCUT2D eigenvalue weighted by Crippen LogP contribution is -2.22. The van der Waals surface area contributed by atoms with E-state index in [0.29, 0.717) is 5.92 Å². The maximum absolute atomic E-state index is 4.54. The lowest BCUT2D eigenvalue weighted by atomic mass is 10.2. The van der Waals surface area contributed by atoms with Gasteiger partial charge < -0.3 is 10.6 Å². The Morgan fingerprint density at radius 3 is 2.76 bits per heavy atom. The lowest BCUT2D eigenvalue weighted by molar-refractivity contribution is 0.675. The van der Waals surface area contributed by atoms with Gasteiger partial charge in [0.05, 0.1) is 5.69 Å². The van der Waals surface area contributed by atoms with Crippen molar-refractivity contribution in [2.45, 2.75) is 33.2 Å². The normalized spacial score (nSPS) is 10.9. The van der Waals surface area contributed by atoms with Crippen LogP contribution in [-0.2, 0) is 6.54 Å². The second-order valence-electron chi connectivity index (χ2n) is 5.36. The fourth-order valence-electron chi connectivity index (χ4n) is 1.96. The standard InChI is InChI=1S/C16H23N5/c1-12(2)16-20-7-4-14(21-16)11-18-8-9-19-15-5-6-17-10-13(15)3/h4-7,10,12,18H,8-9,11H2,1-3H3,(H,17,19). The number of hydrogen-bond acceptors (Lipinski definition) is 5. The molecular formula is C16H23N5. The fraction of sp³-hybridized carbons (Fsp3) is 0.438. The molecule has 0 aliphatic rings. The van der Waals surface area contributed by atoms with Crippen LogP contribution in [0.5, 0.6) is 0 Å². The minimum atomic E-state index is 0.362. The summed E-state index contributed by atoms with van der Waals surface area (Å²) in [5.41, 5.74) is 3.33. The molecule has 0 radical (unpaired) electrons. The third kappa shape index (κ3) is 4.79. The first-order valence-electron chi connectivity index (χ1n) is 7.34. The highest BCUT2D eigenvalue weighted by atomic mass is 15.0. The minimum absolute atomic E-state index is 0.362. The van der Waals surface area contributed by atoms with Crippen molar-refractivity contribution >= 4 is 5.69 Å². The third-order valence-electron chi connectivity index (χ3n) is 3.19. The van der Waals surface area contributed by atoms with Gasteiger partial charge in [0.2, 0.25) is 0 Å². The average Bonchev–Trinajstić information content (AvgIpc) is 2.49. The van der Waals surface area contributed by atoms with Crippen LogP contribution in [0.4, 0.5) is 5.69 Å². The first kappa shape index (κ1) is 15.4. The molecule has 0 fully saturated rings. The van der Waals surface area contributed by atoms with Crippen LogP contribution >= 0.6 is 0 Å². The summed E-state index contributed by atoms with van der Waals surface area (Å²) >= 11 is 0. The molecule has 0 saturated heterocycles. The van der Waals surface area contributed by atoms with Gasteiger partial charge in [0, 0.05) is 49.8 Å². The van der Waals surface area contributed by atoms with Crippen molar-refractivity contribution in [3.05, 3.63) is 47.8 Å². The highest BCUT2D eigenvalue weighted by molar-refractivity contribution is 5.48. The Hall–Kier alpha value is -2.01. The van der Waals surface area contributed by atoms with Gasteiger partial charge in [-0.1, -0.05) is 13.8 Å². The number of nitrogens with one attached hydrogen (secondary N) is 2. The quantitative estimate of drug-likeness (QED) is 0.765. The van der Waals surface area contributed by atoms with Crippen LogP contribution in [0.2, 0.25) is 0 Å². The molecule has 0 bridgehead atoms. The smallest absolute Gasteiger partial charge is 0.131 e. The number of aryl methyl sites for hydroxylation is 1. The summed E-state index contributed by atoms with van der Waals surface area (Å²) in [5, 5.41) is 6.78. The molecule has 2 aromatic heterocycles. The van der Waals surface area contributed by atoms with Gasteiger partial charge in [-0.05, 0) is 24.6 Å². The predicted octanol–water partition coefficient (Wildman–Crippen LogP) is 2.51. The number of rotatable bonds is 7. The molecule has 0 saturated carbocycles. The molecule has 112 valence electrons. The van der Waals surface area contributed by atoms with Crippen LogP contribution in [0.25, 0.3) is 0 Å². The fourth-order valence-corrected chi connectivity index (χ4v) is 1.96. The Bertz CT molecular complexity index is 568. The van der Waals surface area contributed by atoms with Gasteiger partial charge >= 0.3 is 0 Å². The van der Waals surface area contributed by atoms with E-state index in [9.17, 15) is 0 Å². The van der Waals surface area contributed by atoms with E-state index in [1.54, 1.807) is 6.20 Å². The molecule has 0 aliphatic carbocycles. The van der Waals surface area contributed by atoms with Crippen LogP contribution < -0.4 is 10.6 Å². The van der Waals surface area contributed by atoms with Crippen molar-refractivity contribution in [3.8, 4) is 0 Å². The molecular weight excluding hydrogens is 262 g/mol. The Balaban J connectivity index is 1.73. The predicted molar refractivity (Wildman–Crippen MR) is 85.3 cm³/mol. The van der Waals surface area contributed by atoms with Gasteiger partial charge in [-0.15, -0.1) is 0 Å². The molecule has 0 aromatic carbocycles. The number of anilines is 1. The maximum atomic E-state index is 4.54.